The van der Waals surface area contributed by atoms with Gasteiger partial charge in [0, 0.05) is 24.7 Å². The van der Waals surface area contributed by atoms with Crippen molar-refractivity contribution in [3.63, 3.8) is 0 Å². The lowest BCUT2D eigenvalue weighted by atomic mass is 9.98. The smallest absolute Gasteiger partial charge is 0.160 e. The Bertz CT molecular complexity index is 996. The van der Waals surface area contributed by atoms with Crippen molar-refractivity contribution in [3.05, 3.63) is 40.7 Å². The fourth-order valence-electron chi connectivity index (χ4n) is 3.26. The Morgan fingerprint density at radius 2 is 1.30 bits per heavy atom. The number of benzene rings is 1. The molecule has 0 atom stereocenters. The summed E-state index contributed by atoms with van der Waals surface area (Å²) in [7, 11) is 3.84. The third-order valence-corrected chi connectivity index (χ3v) is 4.48. The topological polar surface area (TPSA) is 48.5 Å². The first-order valence-electron chi connectivity index (χ1n) is 7.40. The van der Waals surface area contributed by atoms with E-state index >= 15 is 0 Å². The number of hydrogen-bond acceptors (Lipinski definition) is 3. The van der Waals surface area contributed by atoms with Crippen LogP contribution < -0.4 is 0 Å². The van der Waals surface area contributed by atoms with Gasteiger partial charge in [-0.1, -0.05) is 23.7 Å². The van der Waals surface area contributed by atoms with Crippen LogP contribution in [0.2, 0.25) is 5.02 Å². The van der Waals surface area contributed by atoms with Crippen molar-refractivity contribution in [2.45, 2.75) is 13.8 Å². The zero-order chi connectivity index (χ0) is 16.3. The summed E-state index contributed by atoms with van der Waals surface area (Å²) in [5.41, 5.74) is 5.87. The van der Waals surface area contributed by atoms with Gasteiger partial charge in [-0.05, 0) is 31.5 Å². The first-order chi connectivity index (χ1) is 11.0. The molecule has 0 radical (unpaired) electrons. The molecule has 0 unspecified atom stereocenters. The first-order valence-corrected chi connectivity index (χ1v) is 7.77. The lowest BCUT2D eigenvalue weighted by Crippen LogP contribution is -1.96. The third kappa shape index (κ3) is 1.96. The van der Waals surface area contributed by atoms with Crippen LogP contribution in [0.25, 0.3) is 33.2 Å². The van der Waals surface area contributed by atoms with Gasteiger partial charge in [-0.2, -0.15) is 10.2 Å². The average Bonchev–Trinajstić information content (AvgIpc) is 2.96. The third-order valence-electron chi connectivity index (χ3n) is 4.23. The molecule has 1 aromatic carbocycles. The molecule has 6 heteroatoms. The molecule has 5 nitrogen and oxygen atoms in total. The van der Waals surface area contributed by atoms with Gasteiger partial charge in [-0.25, -0.2) is 4.98 Å². The van der Waals surface area contributed by atoms with Crippen molar-refractivity contribution in [2.24, 2.45) is 14.1 Å². The minimum atomic E-state index is 0.723. The highest BCUT2D eigenvalue weighted by atomic mass is 35.5. The predicted octanol–water partition coefficient (Wildman–Crippen LogP) is 3.79. The van der Waals surface area contributed by atoms with Crippen LogP contribution in [0.5, 0.6) is 0 Å². The fraction of sp³-hybridized carbons (Fsp3) is 0.235. The Hall–Kier alpha value is -2.40. The Morgan fingerprint density at radius 3 is 1.78 bits per heavy atom. The van der Waals surface area contributed by atoms with E-state index in [1.54, 1.807) is 0 Å². The van der Waals surface area contributed by atoms with Gasteiger partial charge in [-0.3, -0.25) is 9.36 Å². The van der Waals surface area contributed by atoms with E-state index in [9.17, 15) is 0 Å². The van der Waals surface area contributed by atoms with E-state index in [-0.39, 0.29) is 0 Å². The number of aryl methyl sites for hydroxylation is 4. The molecule has 4 rings (SSSR count). The van der Waals surface area contributed by atoms with Gasteiger partial charge in [0.05, 0.1) is 22.2 Å². The molecule has 0 aliphatic carbocycles. The van der Waals surface area contributed by atoms with Crippen molar-refractivity contribution < 1.29 is 0 Å². The summed E-state index contributed by atoms with van der Waals surface area (Å²) in [4.78, 5) is 4.80. The molecule has 23 heavy (non-hydrogen) atoms. The summed E-state index contributed by atoms with van der Waals surface area (Å²) in [6.45, 7) is 4.03. The number of nitrogens with zero attached hydrogens (tertiary/aromatic N) is 5. The fourth-order valence-corrected chi connectivity index (χ4v) is 3.39. The van der Waals surface area contributed by atoms with Crippen LogP contribution in [0.4, 0.5) is 0 Å². The van der Waals surface area contributed by atoms with Crippen LogP contribution >= 0.6 is 11.6 Å². The number of halogens is 1. The SMILES string of the molecule is Cc1nn(C)c2nc3c(c(C)nn3C)c(-c3ccc(Cl)cc3)c12. The summed E-state index contributed by atoms with van der Waals surface area (Å²) < 4.78 is 3.65. The largest absolute Gasteiger partial charge is 0.250 e. The van der Waals surface area contributed by atoms with Crippen molar-refractivity contribution in [3.8, 4) is 11.1 Å². The molecule has 0 bridgehead atoms. The molecule has 116 valence electrons. The van der Waals surface area contributed by atoms with E-state index in [0.717, 1.165) is 49.6 Å². The van der Waals surface area contributed by atoms with E-state index in [1.807, 2.05) is 61.6 Å². The summed E-state index contributed by atoms with van der Waals surface area (Å²) in [5.74, 6) is 0. The number of aromatic nitrogens is 5. The van der Waals surface area contributed by atoms with E-state index in [0.29, 0.717) is 0 Å². The molecule has 3 heterocycles. The molecule has 0 aliphatic rings. The quantitative estimate of drug-likeness (QED) is 0.535. The molecule has 0 saturated heterocycles. The number of hydrogen-bond donors (Lipinski definition) is 0. The van der Waals surface area contributed by atoms with Crippen LogP contribution in [0.3, 0.4) is 0 Å². The van der Waals surface area contributed by atoms with E-state index in [2.05, 4.69) is 10.2 Å². The molecule has 0 saturated carbocycles. The van der Waals surface area contributed by atoms with Crippen molar-refractivity contribution >= 4 is 33.7 Å². The van der Waals surface area contributed by atoms with Crippen molar-refractivity contribution in [1.82, 2.24) is 24.5 Å². The lowest BCUT2D eigenvalue weighted by Gasteiger charge is -2.08. The summed E-state index contributed by atoms with van der Waals surface area (Å²) in [6.07, 6.45) is 0. The maximum Gasteiger partial charge on any atom is 0.160 e. The minimum Gasteiger partial charge on any atom is -0.250 e. The molecule has 0 amide bonds. The van der Waals surface area contributed by atoms with Gasteiger partial charge in [-0.15, -0.1) is 0 Å². The average molecular weight is 326 g/mol. The van der Waals surface area contributed by atoms with Gasteiger partial charge >= 0.3 is 0 Å². The maximum absolute atomic E-state index is 6.06. The summed E-state index contributed by atoms with van der Waals surface area (Å²) >= 11 is 6.06. The Morgan fingerprint density at radius 1 is 0.826 bits per heavy atom. The van der Waals surface area contributed by atoms with Crippen LogP contribution in [0.15, 0.2) is 24.3 Å². The van der Waals surface area contributed by atoms with E-state index < -0.39 is 0 Å². The van der Waals surface area contributed by atoms with E-state index in [1.165, 1.54) is 0 Å². The van der Waals surface area contributed by atoms with Crippen LogP contribution in [-0.4, -0.2) is 24.5 Å². The molecular weight excluding hydrogens is 310 g/mol. The van der Waals surface area contributed by atoms with Gasteiger partial charge in [0.15, 0.2) is 11.3 Å². The monoisotopic (exact) mass is 325 g/mol. The molecule has 4 aromatic rings. The predicted molar refractivity (Wildman–Crippen MR) is 92.7 cm³/mol. The highest BCUT2D eigenvalue weighted by Gasteiger charge is 2.21. The highest BCUT2D eigenvalue weighted by molar-refractivity contribution is 6.30. The van der Waals surface area contributed by atoms with Gasteiger partial charge in [0.25, 0.3) is 0 Å². The first kappa shape index (κ1) is 14.2. The highest BCUT2D eigenvalue weighted by Crippen LogP contribution is 2.37. The van der Waals surface area contributed by atoms with Crippen LogP contribution in [0, 0.1) is 13.8 Å². The zero-order valence-corrected chi connectivity index (χ0v) is 14.2. The Kier molecular flexibility index (Phi) is 2.96. The second-order valence-electron chi connectivity index (χ2n) is 5.81. The van der Waals surface area contributed by atoms with Crippen molar-refractivity contribution in [1.29, 1.82) is 0 Å². The molecule has 3 aromatic heterocycles. The van der Waals surface area contributed by atoms with Crippen LogP contribution in [0.1, 0.15) is 11.4 Å². The zero-order valence-electron chi connectivity index (χ0n) is 13.4. The Balaban J connectivity index is 2.27. The lowest BCUT2D eigenvalue weighted by molar-refractivity contribution is 0.760. The number of pyridine rings is 1. The molecule has 0 aliphatic heterocycles. The normalized spacial score (nSPS) is 11.7. The van der Waals surface area contributed by atoms with Gasteiger partial charge in [0.1, 0.15) is 0 Å². The molecule has 0 spiro atoms. The number of rotatable bonds is 1. The van der Waals surface area contributed by atoms with Gasteiger partial charge in [0.2, 0.25) is 0 Å². The Labute approximate surface area is 138 Å². The number of fused-ring (bicyclic) bond motifs is 2. The minimum absolute atomic E-state index is 0.723. The standard InChI is InChI=1S/C17H16ClN5/c1-9-13-15(11-5-7-12(18)8-6-11)14-10(2)21-23(4)17(14)19-16(13)22(3)20-9/h5-8H,1-4H3. The second kappa shape index (κ2) is 4.80. The maximum atomic E-state index is 6.06. The van der Waals surface area contributed by atoms with Crippen LogP contribution in [-0.2, 0) is 14.1 Å². The summed E-state index contributed by atoms with van der Waals surface area (Å²) in [5, 5.41) is 12.0. The van der Waals surface area contributed by atoms with E-state index in [4.69, 9.17) is 16.6 Å². The van der Waals surface area contributed by atoms with Gasteiger partial charge < -0.3 is 0 Å². The summed E-state index contributed by atoms with van der Waals surface area (Å²) in [6, 6.07) is 7.89. The molecular formula is C17H16ClN5. The van der Waals surface area contributed by atoms with Crippen molar-refractivity contribution in [2.75, 3.05) is 0 Å². The second-order valence-corrected chi connectivity index (χ2v) is 6.25. The molecule has 0 N–H and O–H groups in total. The molecule has 0 fully saturated rings.